The summed E-state index contributed by atoms with van der Waals surface area (Å²) in [6, 6.07) is 8.94. The molecule has 0 N–H and O–H groups in total. The molecule has 1 aliphatic rings. The largest absolute Gasteiger partial charge is 0.0651 e. The predicted octanol–water partition coefficient (Wildman–Crippen LogP) is 3.76. The zero-order valence-corrected chi connectivity index (χ0v) is 8.59. The average molecular weight is 174 g/mol. The summed E-state index contributed by atoms with van der Waals surface area (Å²) in [5.74, 6) is 1.69. The summed E-state index contributed by atoms with van der Waals surface area (Å²) in [6.45, 7) is 4.70. The number of rotatable bonds is 1. The highest BCUT2D eigenvalue weighted by molar-refractivity contribution is 5.32. The van der Waals surface area contributed by atoms with E-state index in [-0.39, 0.29) is 0 Å². The zero-order chi connectivity index (χ0) is 9.26. The van der Waals surface area contributed by atoms with E-state index in [1.807, 2.05) is 0 Å². The van der Waals surface area contributed by atoms with Crippen molar-refractivity contribution in [1.82, 2.24) is 0 Å². The summed E-state index contributed by atoms with van der Waals surface area (Å²) < 4.78 is 0. The maximum Gasteiger partial charge on any atom is -0.0159 e. The van der Waals surface area contributed by atoms with Gasteiger partial charge in [-0.25, -0.2) is 0 Å². The van der Waals surface area contributed by atoms with E-state index in [9.17, 15) is 0 Å². The van der Waals surface area contributed by atoms with Crippen LogP contribution in [-0.2, 0) is 6.42 Å². The fourth-order valence-corrected chi connectivity index (χ4v) is 2.61. The number of hydrogen-bond acceptors (Lipinski definition) is 0. The average Bonchev–Trinajstić information content (AvgIpc) is 2.19. The second-order valence-corrected chi connectivity index (χ2v) is 4.19. The Morgan fingerprint density at radius 1 is 1.31 bits per heavy atom. The van der Waals surface area contributed by atoms with Crippen molar-refractivity contribution in [1.29, 1.82) is 0 Å². The maximum absolute atomic E-state index is 2.38. The van der Waals surface area contributed by atoms with Gasteiger partial charge in [-0.3, -0.25) is 0 Å². The first-order valence-electron chi connectivity index (χ1n) is 5.40. The van der Waals surface area contributed by atoms with Crippen LogP contribution in [0.2, 0.25) is 0 Å². The minimum Gasteiger partial charge on any atom is -0.0651 e. The Morgan fingerprint density at radius 2 is 2.08 bits per heavy atom. The van der Waals surface area contributed by atoms with Crippen molar-refractivity contribution in [2.24, 2.45) is 5.92 Å². The van der Waals surface area contributed by atoms with E-state index >= 15 is 0 Å². The van der Waals surface area contributed by atoms with Crippen LogP contribution in [0, 0.1) is 5.92 Å². The van der Waals surface area contributed by atoms with E-state index in [4.69, 9.17) is 0 Å². The first-order chi connectivity index (χ1) is 6.33. The van der Waals surface area contributed by atoms with Gasteiger partial charge in [0.2, 0.25) is 0 Å². The summed E-state index contributed by atoms with van der Waals surface area (Å²) in [5, 5.41) is 0. The molecule has 0 saturated heterocycles. The summed E-state index contributed by atoms with van der Waals surface area (Å²) >= 11 is 0. The lowest BCUT2D eigenvalue weighted by molar-refractivity contribution is 0.380. The molecule has 0 unspecified atom stereocenters. The van der Waals surface area contributed by atoms with Crippen molar-refractivity contribution in [2.45, 2.75) is 39.0 Å². The third-order valence-electron chi connectivity index (χ3n) is 3.56. The Kier molecular flexibility index (Phi) is 2.39. The molecule has 1 aromatic carbocycles. The van der Waals surface area contributed by atoms with Crippen LogP contribution < -0.4 is 0 Å². The Labute approximate surface area is 81.0 Å². The highest BCUT2D eigenvalue weighted by Gasteiger charge is 2.23. The second kappa shape index (κ2) is 3.53. The molecule has 13 heavy (non-hydrogen) atoms. The van der Waals surface area contributed by atoms with Gasteiger partial charge in [0.15, 0.2) is 0 Å². The fourth-order valence-electron chi connectivity index (χ4n) is 2.61. The lowest BCUT2D eigenvalue weighted by Crippen LogP contribution is -2.17. The smallest absolute Gasteiger partial charge is 0.0159 e. The van der Waals surface area contributed by atoms with Gasteiger partial charge in [0.05, 0.1) is 0 Å². The Hall–Kier alpha value is -0.780. The van der Waals surface area contributed by atoms with Crippen LogP contribution in [0.15, 0.2) is 24.3 Å². The highest BCUT2D eigenvalue weighted by atomic mass is 14.3. The first kappa shape index (κ1) is 8.80. The molecule has 0 fully saturated rings. The molecular weight excluding hydrogens is 156 g/mol. The van der Waals surface area contributed by atoms with E-state index in [0.717, 1.165) is 11.8 Å². The third-order valence-corrected chi connectivity index (χ3v) is 3.56. The van der Waals surface area contributed by atoms with Crippen molar-refractivity contribution >= 4 is 0 Å². The second-order valence-electron chi connectivity index (χ2n) is 4.19. The topological polar surface area (TPSA) is 0 Å². The molecule has 1 aliphatic carbocycles. The normalized spacial score (nSPS) is 26.9. The van der Waals surface area contributed by atoms with Crippen molar-refractivity contribution in [3.8, 4) is 0 Å². The monoisotopic (exact) mass is 174 g/mol. The molecular formula is C13H18. The summed E-state index contributed by atoms with van der Waals surface area (Å²) in [5.41, 5.74) is 3.18. The molecule has 0 nitrogen and oxygen atoms in total. The van der Waals surface area contributed by atoms with Gasteiger partial charge in [-0.15, -0.1) is 0 Å². The highest BCUT2D eigenvalue weighted by Crippen LogP contribution is 2.37. The molecule has 0 amide bonds. The molecule has 0 heterocycles. The van der Waals surface area contributed by atoms with E-state index in [1.54, 1.807) is 11.1 Å². The molecule has 0 bridgehead atoms. The molecule has 0 aromatic heterocycles. The number of hydrogen-bond donors (Lipinski definition) is 0. The van der Waals surface area contributed by atoms with Crippen LogP contribution in [-0.4, -0.2) is 0 Å². The molecule has 0 heteroatoms. The van der Waals surface area contributed by atoms with Crippen LogP contribution in [0.1, 0.15) is 43.7 Å². The molecule has 0 spiro atoms. The van der Waals surface area contributed by atoms with Crippen LogP contribution in [0.3, 0.4) is 0 Å². The van der Waals surface area contributed by atoms with Crippen LogP contribution in [0.5, 0.6) is 0 Å². The Bertz CT molecular complexity index is 288. The minimum atomic E-state index is 0.773. The molecule has 2 atom stereocenters. The van der Waals surface area contributed by atoms with E-state index in [1.165, 1.54) is 19.3 Å². The van der Waals surface area contributed by atoms with E-state index < -0.39 is 0 Å². The van der Waals surface area contributed by atoms with Crippen molar-refractivity contribution in [3.63, 3.8) is 0 Å². The molecule has 1 aromatic rings. The van der Waals surface area contributed by atoms with Gasteiger partial charge in [-0.1, -0.05) is 44.5 Å². The van der Waals surface area contributed by atoms with Crippen LogP contribution in [0.4, 0.5) is 0 Å². The van der Waals surface area contributed by atoms with Crippen LogP contribution in [0.25, 0.3) is 0 Å². The lowest BCUT2D eigenvalue weighted by atomic mass is 9.75. The SMILES string of the molecule is CC[C@@H]1CCc2ccccc2[C@@H]1C. The minimum absolute atomic E-state index is 0.773. The molecule has 0 aliphatic heterocycles. The third kappa shape index (κ3) is 1.50. The molecule has 0 radical (unpaired) electrons. The number of fused-ring (bicyclic) bond motifs is 1. The Balaban J connectivity index is 2.33. The number of benzene rings is 1. The van der Waals surface area contributed by atoms with Crippen LogP contribution >= 0.6 is 0 Å². The lowest BCUT2D eigenvalue weighted by Gasteiger charge is -2.30. The van der Waals surface area contributed by atoms with Crippen molar-refractivity contribution in [2.75, 3.05) is 0 Å². The molecule has 0 saturated carbocycles. The van der Waals surface area contributed by atoms with Gasteiger partial charge in [0.1, 0.15) is 0 Å². The van der Waals surface area contributed by atoms with Gasteiger partial charge in [0.25, 0.3) is 0 Å². The number of aryl methyl sites for hydroxylation is 1. The quantitative estimate of drug-likeness (QED) is 0.608. The fraction of sp³-hybridized carbons (Fsp3) is 0.538. The summed E-state index contributed by atoms with van der Waals surface area (Å²) in [6.07, 6.45) is 4.00. The predicted molar refractivity (Wildman–Crippen MR) is 57.0 cm³/mol. The summed E-state index contributed by atoms with van der Waals surface area (Å²) in [7, 11) is 0. The van der Waals surface area contributed by atoms with Gasteiger partial charge in [0, 0.05) is 0 Å². The van der Waals surface area contributed by atoms with Gasteiger partial charge in [-0.2, -0.15) is 0 Å². The first-order valence-corrected chi connectivity index (χ1v) is 5.40. The molecule has 2 rings (SSSR count). The van der Waals surface area contributed by atoms with E-state index in [2.05, 4.69) is 38.1 Å². The maximum atomic E-state index is 2.38. The van der Waals surface area contributed by atoms with Gasteiger partial charge in [-0.05, 0) is 35.8 Å². The van der Waals surface area contributed by atoms with E-state index in [0.29, 0.717) is 0 Å². The zero-order valence-electron chi connectivity index (χ0n) is 8.59. The van der Waals surface area contributed by atoms with Gasteiger partial charge < -0.3 is 0 Å². The standard InChI is InChI=1S/C13H18/c1-3-11-8-9-12-6-4-5-7-13(12)10(11)2/h4-7,10-11H,3,8-9H2,1-2H3/t10-,11-/m1/s1. The van der Waals surface area contributed by atoms with Crippen molar-refractivity contribution < 1.29 is 0 Å². The summed E-state index contributed by atoms with van der Waals surface area (Å²) in [4.78, 5) is 0. The van der Waals surface area contributed by atoms with Crippen molar-refractivity contribution in [3.05, 3.63) is 35.4 Å². The Morgan fingerprint density at radius 3 is 2.85 bits per heavy atom. The van der Waals surface area contributed by atoms with Gasteiger partial charge >= 0.3 is 0 Å². The molecule has 70 valence electrons.